The van der Waals surface area contributed by atoms with Crippen molar-refractivity contribution in [3.8, 4) is 12.3 Å². The Morgan fingerprint density at radius 1 is 1.26 bits per heavy atom. The molecular weight excluding hydrogens is 316 g/mol. The summed E-state index contributed by atoms with van der Waals surface area (Å²) in [5, 5.41) is 0.190. The molecule has 0 radical (unpaired) electrons. The smallest absolute Gasteiger partial charge is 0.192 e. The molecule has 1 rings (SSSR count). The maximum atomic E-state index is 6.45. The molecule has 1 nitrogen and oxygen atoms in total. The molecule has 0 aliphatic heterocycles. The molecule has 0 aliphatic rings. The SMILES string of the molecule is C#CCC(O[Si](C)(C)C(C)(C)C)c1ccc(Br)cc1. The lowest BCUT2D eigenvalue weighted by atomic mass is 10.1. The van der Waals surface area contributed by atoms with Crippen LogP contribution in [-0.2, 0) is 4.43 Å². The van der Waals surface area contributed by atoms with Crippen molar-refractivity contribution in [2.45, 2.75) is 51.4 Å². The van der Waals surface area contributed by atoms with Crippen molar-refractivity contribution in [2.24, 2.45) is 0 Å². The van der Waals surface area contributed by atoms with Crippen LogP contribution in [0.3, 0.4) is 0 Å². The van der Waals surface area contributed by atoms with E-state index in [0.717, 1.165) is 10.0 Å². The zero-order chi connectivity index (χ0) is 14.7. The number of terminal acetylenes is 1. The Morgan fingerprint density at radius 3 is 2.21 bits per heavy atom. The standard InChI is InChI=1S/C16H23BrOSi/c1-7-8-15(13-9-11-14(17)12-10-13)18-19(5,6)16(2,3)4/h1,9-12,15H,8H2,2-6H3. The van der Waals surface area contributed by atoms with E-state index in [2.05, 4.69) is 67.8 Å². The number of halogens is 1. The van der Waals surface area contributed by atoms with E-state index in [1.165, 1.54) is 0 Å². The van der Waals surface area contributed by atoms with E-state index in [1.54, 1.807) is 0 Å². The van der Waals surface area contributed by atoms with Crippen LogP contribution in [-0.4, -0.2) is 8.32 Å². The third-order valence-corrected chi connectivity index (χ3v) is 8.80. The van der Waals surface area contributed by atoms with Crippen LogP contribution < -0.4 is 0 Å². The van der Waals surface area contributed by atoms with E-state index in [4.69, 9.17) is 10.8 Å². The quantitative estimate of drug-likeness (QED) is 0.517. The Bertz CT molecular complexity index is 451. The van der Waals surface area contributed by atoms with Crippen molar-refractivity contribution in [2.75, 3.05) is 0 Å². The first kappa shape index (κ1) is 16.5. The monoisotopic (exact) mass is 338 g/mol. The fourth-order valence-electron chi connectivity index (χ4n) is 1.54. The molecule has 1 atom stereocenters. The molecular formula is C16H23BrOSi. The van der Waals surface area contributed by atoms with Crippen molar-refractivity contribution in [3.05, 3.63) is 34.3 Å². The molecule has 0 saturated carbocycles. The van der Waals surface area contributed by atoms with Gasteiger partial charge in [-0.2, -0.15) is 0 Å². The third-order valence-electron chi connectivity index (χ3n) is 3.79. The first-order valence-electron chi connectivity index (χ1n) is 6.54. The normalized spacial score (nSPS) is 13.9. The van der Waals surface area contributed by atoms with Gasteiger partial charge in [-0.05, 0) is 35.8 Å². The summed E-state index contributed by atoms with van der Waals surface area (Å²) in [6, 6.07) is 8.24. The minimum atomic E-state index is -1.81. The molecule has 0 aliphatic carbocycles. The second kappa shape index (κ2) is 6.26. The van der Waals surface area contributed by atoms with Crippen LogP contribution in [0.4, 0.5) is 0 Å². The number of rotatable bonds is 4. The largest absolute Gasteiger partial charge is 0.409 e. The predicted octanol–water partition coefficient (Wildman–Crippen LogP) is 5.54. The van der Waals surface area contributed by atoms with Crippen LogP contribution in [0.25, 0.3) is 0 Å². The van der Waals surface area contributed by atoms with Gasteiger partial charge in [0, 0.05) is 10.9 Å². The highest BCUT2D eigenvalue weighted by Crippen LogP contribution is 2.40. The average molecular weight is 339 g/mol. The van der Waals surface area contributed by atoms with Gasteiger partial charge in [0.1, 0.15) is 0 Å². The van der Waals surface area contributed by atoms with Crippen molar-refractivity contribution in [1.29, 1.82) is 0 Å². The minimum absolute atomic E-state index is 0.000934. The van der Waals surface area contributed by atoms with Gasteiger partial charge in [-0.3, -0.25) is 0 Å². The number of hydrogen-bond donors (Lipinski definition) is 0. The molecule has 1 aromatic rings. The molecule has 0 bridgehead atoms. The maximum Gasteiger partial charge on any atom is 0.192 e. The van der Waals surface area contributed by atoms with Crippen molar-refractivity contribution in [1.82, 2.24) is 0 Å². The highest BCUT2D eigenvalue weighted by molar-refractivity contribution is 9.10. The van der Waals surface area contributed by atoms with Crippen molar-refractivity contribution >= 4 is 24.2 Å². The van der Waals surface area contributed by atoms with Crippen molar-refractivity contribution < 1.29 is 4.43 Å². The first-order valence-corrected chi connectivity index (χ1v) is 10.2. The number of benzene rings is 1. The van der Waals surface area contributed by atoms with Gasteiger partial charge in [0.05, 0.1) is 6.10 Å². The van der Waals surface area contributed by atoms with Gasteiger partial charge < -0.3 is 4.43 Å². The lowest BCUT2D eigenvalue weighted by Gasteiger charge is -2.39. The summed E-state index contributed by atoms with van der Waals surface area (Å²) in [5.41, 5.74) is 1.16. The second-order valence-electron chi connectivity index (χ2n) is 6.33. The van der Waals surface area contributed by atoms with Gasteiger partial charge in [-0.15, -0.1) is 12.3 Å². The summed E-state index contributed by atoms with van der Waals surface area (Å²) < 4.78 is 7.52. The summed E-state index contributed by atoms with van der Waals surface area (Å²) in [6.45, 7) is 11.2. The first-order chi connectivity index (χ1) is 8.67. The Labute approximate surface area is 127 Å². The van der Waals surface area contributed by atoms with Crippen LogP contribution in [0.2, 0.25) is 18.1 Å². The molecule has 3 heteroatoms. The van der Waals surface area contributed by atoms with Crippen LogP contribution in [0.1, 0.15) is 38.9 Å². The lowest BCUT2D eigenvalue weighted by Crippen LogP contribution is -2.41. The number of hydrogen-bond acceptors (Lipinski definition) is 1. The summed E-state index contributed by atoms with van der Waals surface area (Å²) in [5.74, 6) is 2.74. The molecule has 0 aromatic heterocycles. The van der Waals surface area contributed by atoms with E-state index in [0.29, 0.717) is 6.42 Å². The second-order valence-corrected chi connectivity index (χ2v) is 12.0. The molecule has 0 N–H and O–H groups in total. The summed E-state index contributed by atoms with van der Waals surface area (Å²) in [7, 11) is -1.81. The van der Waals surface area contributed by atoms with E-state index < -0.39 is 8.32 Å². The molecule has 0 spiro atoms. The van der Waals surface area contributed by atoms with Gasteiger partial charge in [-0.1, -0.05) is 48.8 Å². The Morgan fingerprint density at radius 2 is 1.79 bits per heavy atom. The summed E-state index contributed by atoms with van der Waals surface area (Å²) in [6.07, 6.45) is 6.12. The maximum absolute atomic E-state index is 6.45. The molecule has 0 amide bonds. The molecule has 0 fully saturated rings. The Balaban J connectivity index is 2.97. The lowest BCUT2D eigenvalue weighted by molar-refractivity contribution is 0.189. The third kappa shape index (κ3) is 4.49. The summed E-state index contributed by atoms with van der Waals surface area (Å²) >= 11 is 3.45. The van der Waals surface area contributed by atoms with Gasteiger partial charge in [0.2, 0.25) is 0 Å². The van der Waals surface area contributed by atoms with Gasteiger partial charge >= 0.3 is 0 Å². The Hall–Kier alpha value is -0.563. The molecule has 1 aromatic carbocycles. The predicted molar refractivity (Wildman–Crippen MR) is 88.6 cm³/mol. The minimum Gasteiger partial charge on any atom is -0.409 e. The molecule has 0 heterocycles. The fourth-order valence-corrected chi connectivity index (χ4v) is 3.09. The molecule has 19 heavy (non-hydrogen) atoms. The van der Waals surface area contributed by atoms with Crippen LogP contribution in [0.15, 0.2) is 28.7 Å². The molecule has 1 unspecified atom stereocenters. The average Bonchev–Trinajstić information content (AvgIpc) is 2.27. The highest BCUT2D eigenvalue weighted by atomic mass is 79.9. The van der Waals surface area contributed by atoms with Crippen LogP contribution in [0, 0.1) is 12.3 Å². The van der Waals surface area contributed by atoms with E-state index in [9.17, 15) is 0 Å². The van der Waals surface area contributed by atoms with Crippen LogP contribution in [0.5, 0.6) is 0 Å². The highest BCUT2D eigenvalue weighted by Gasteiger charge is 2.39. The topological polar surface area (TPSA) is 9.23 Å². The van der Waals surface area contributed by atoms with Gasteiger partial charge in [0.25, 0.3) is 0 Å². The molecule has 104 valence electrons. The zero-order valence-electron chi connectivity index (χ0n) is 12.5. The summed E-state index contributed by atoms with van der Waals surface area (Å²) in [4.78, 5) is 0. The van der Waals surface area contributed by atoms with E-state index in [-0.39, 0.29) is 11.1 Å². The van der Waals surface area contributed by atoms with Gasteiger partial charge in [0.15, 0.2) is 8.32 Å². The van der Waals surface area contributed by atoms with Crippen LogP contribution >= 0.6 is 15.9 Å². The van der Waals surface area contributed by atoms with Crippen molar-refractivity contribution in [3.63, 3.8) is 0 Å². The van der Waals surface area contributed by atoms with E-state index >= 15 is 0 Å². The zero-order valence-corrected chi connectivity index (χ0v) is 15.0. The fraction of sp³-hybridized carbons (Fsp3) is 0.500. The van der Waals surface area contributed by atoms with Gasteiger partial charge in [-0.25, -0.2) is 0 Å². The van der Waals surface area contributed by atoms with E-state index in [1.807, 2.05) is 12.1 Å². The molecule has 0 saturated heterocycles. The Kier molecular flexibility index (Phi) is 5.43.